The number of amides is 1. The molecule has 2 aromatic heterocycles. The zero-order chi connectivity index (χ0) is 20.8. The number of rotatable bonds is 3. The molecule has 1 aromatic carbocycles. The maximum absolute atomic E-state index is 13.5. The van der Waals surface area contributed by atoms with Gasteiger partial charge in [-0.15, -0.1) is 11.3 Å². The van der Waals surface area contributed by atoms with Gasteiger partial charge in [-0.1, -0.05) is 36.4 Å². The molecular weight excluding hydrogens is 408 g/mol. The van der Waals surface area contributed by atoms with Gasteiger partial charge >= 0.3 is 0 Å². The number of carbonyl (C=O) groups excluding carboxylic acids is 1. The molecule has 5 heterocycles. The lowest BCUT2D eigenvalue weighted by atomic mass is 9.90. The molecule has 0 unspecified atom stereocenters. The Labute approximate surface area is 185 Å². The number of thiazole rings is 1. The molecule has 0 bridgehead atoms. The average Bonchev–Trinajstić information content (AvgIpc) is 3.53. The molecule has 1 amide bonds. The summed E-state index contributed by atoms with van der Waals surface area (Å²) < 4.78 is 6.46. The highest BCUT2D eigenvalue weighted by Crippen LogP contribution is 2.48. The first kappa shape index (κ1) is 19.0. The van der Waals surface area contributed by atoms with Crippen molar-refractivity contribution in [2.45, 2.75) is 43.6 Å². The second kappa shape index (κ2) is 7.43. The van der Waals surface area contributed by atoms with Crippen LogP contribution in [0.1, 0.15) is 37.3 Å². The van der Waals surface area contributed by atoms with E-state index in [4.69, 9.17) is 9.72 Å². The van der Waals surface area contributed by atoms with Gasteiger partial charge in [-0.2, -0.15) is 0 Å². The molecule has 6 nitrogen and oxygen atoms in total. The standard InChI is InChI=1S/C24H24N4O2S/c29-22-24(30-21-10-9-20(28(21)22)17-6-2-1-3-7-17)11-14-27(15-12-24)23-26-19(16-31-23)18-8-4-5-13-25-18/h1-8,13,16,20-21H,9-12,14-15H2/t20-,21+/m0/s1. The Morgan fingerprint density at radius 1 is 1.00 bits per heavy atom. The van der Waals surface area contributed by atoms with Crippen molar-refractivity contribution in [3.05, 3.63) is 65.7 Å². The van der Waals surface area contributed by atoms with Crippen LogP contribution in [-0.2, 0) is 9.53 Å². The lowest BCUT2D eigenvalue weighted by Gasteiger charge is -2.37. The summed E-state index contributed by atoms with van der Waals surface area (Å²) in [7, 11) is 0. The van der Waals surface area contributed by atoms with Crippen LogP contribution in [0.15, 0.2) is 60.1 Å². The van der Waals surface area contributed by atoms with Crippen molar-refractivity contribution >= 4 is 22.4 Å². The fourth-order valence-electron chi connectivity index (χ4n) is 5.15. The van der Waals surface area contributed by atoms with Gasteiger partial charge < -0.3 is 14.5 Å². The topological polar surface area (TPSA) is 58.6 Å². The average molecular weight is 433 g/mol. The second-order valence-electron chi connectivity index (χ2n) is 8.50. The largest absolute Gasteiger partial charge is 0.348 e. The summed E-state index contributed by atoms with van der Waals surface area (Å²) in [6, 6.07) is 16.4. The van der Waals surface area contributed by atoms with Crippen molar-refractivity contribution in [1.82, 2.24) is 14.9 Å². The monoisotopic (exact) mass is 432 g/mol. The highest BCUT2D eigenvalue weighted by atomic mass is 32.1. The van der Waals surface area contributed by atoms with Crippen LogP contribution < -0.4 is 4.90 Å². The third-order valence-corrected chi connectivity index (χ3v) is 7.67. The number of fused-ring (bicyclic) bond motifs is 1. The number of benzene rings is 1. The van der Waals surface area contributed by atoms with Gasteiger partial charge in [0.1, 0.15) is 11.9 Å². The minimum absolute atomic E-state index is 0.0834. The van der Waals surface area contributed by atoms with E-state index in [2.05, 4.69) is 27.4 Å². The van der Waals surface area contributed by atoms with Crippen molar-refractivity contribution in [2.75, 3.05) is 18.0 Å². The molecule has 31 heavy (non-hydrogen) atoms. The SMILES string of the molecule is O=C1N2[C@@H](CC[C@H]2c2ccccc2)OC12CCN(c1nc(-c3ccccn3)cs1)CC2. The highest BCUT2D eigenvalue weighted by molar-refractivity contribution is 7.14. The van der Waals surface area contributed by atoms with Crippen molar-refractivity contribution in [2.24, 2.45) is 0 Å². The van der Waals surface area contributed by atoms with Crippen molar-refractivity contribution in [3.8, 4) is 11.4 Å². The molecule has 2 atom stereocenters. The molecule has 3 fully saturated rings. The van der Waals surface area contributed by atoms with E-state index in [0.29, 0.717) is 12.8 Å². The van der Waals surface area contributed by atoms with Gasteiger partial charge in [0.2, 0.25) is 0 Å². The van der Waals surface area contributed by atoms with Crippen LogP contribution >= 0.6 is 11.3 Å². The summed E-state index contributed by atoms with van der Waals surface area (Å²) in [5.41, 5.74) is 2.33. The number of carbonyl (C=O) groups is 1. The lowest BCUT2D eigenvalue weighted by Crippen LogP contribution is -2.50. The van der Waals surface area contributed by atoms with Gasteiger partial charge in [-0.05, 0) is 30.5 Å². The highest BCUT2D eigenvalue weighted by Gasteiger charge is 2.58. The molecule has 3 saturated heterocycles. The molecule has 6 rings (SSSR count). The zero-order valence-electron chi connectivity index (χ0n) is 17.2. The van der Waals surface area contributed by atoms with Crippen LogP contribution in [0.2, 0.25) is 0 Å². The van der Waals surface area contributed by atoms with Crippen molar-refractivity contribution in [1.29, 1.82) is 0 Å². The van der Waals surface area contributed by atoms with Gasteiger partial charge in [-0.3, -0.25) is 9.78 Å². The molecule has 0 saturated carbocycles. The molecule has 1 spiro atoms. The molecule has 158 valence electrons. The van der Waals surface area contributed by atoms with Gasteiger partial charge in [0, 0.05) is 37.5 Å². The quantitative estimate of drug-likeness (QED) is 0.619. The Hall–Kier alpha value is -2.77. The van der Waals surface area contributed by atoms with E-state index >= 15 is 0 Å². The van der Waals surface area contributed by atoms with E-state index in [1.807, 2.05) is 41.3 Å². The number of piperidine rings is 1. The zero-order valence-corrected chi connectivity index (χ0v) is 18.0. The first-order valence-corrected chi connectivity index (χ1v) is 11.8. The Morgan fingerprint density at radius 3 is 2.58 bits per heavy atom. The number of pyridine rings is 1. The van der Waals surface area contributed by atoms with Crippen LogP contribution in [0, 0.1) is 0 Å². The number of nitrogens with zero attached hydrogens (tertiary/aromatic N) is 4. The Morgan fingerprint density at radius 2 is 1.81 bits per heavy atom. The summed E-state index contributed by atoms with van der Waals surface area (Å²) in [6.45, 7) is 1.55. The minimum atomic E-state index is -0.671. The number of hydrogen-bond acceptors (Lipinski definition) is 6. The molecule has 0 N–H and O–H groups in total. The first-order chi connectivity index (χ1) is 15.2. The van der Waals surface area contributed by atoms with E-state index in [-0.39, 0.29) is 18.2 Å². The van der Waals surface area contributed by atoms with Crippen molar-refractivity contribution < 1.29 is 9.53 Å². The van der Waals surface area contributed by atoms with Crippen LogP contribution in [0.4, 0.5) is 5.13 Å². The third kappa shape index (κ3) is 3.15. The minimum Gasteiger partial charge on any atom is -0.348 e. The van der Waals surface area contributed by atoms with E-state index in [0.717, 1.165) is 42.5 Å². The lowest BCUT2D eigenvalue weighted by molar-refractivity contribution is -0.140. The van der Waals surface area contributed by atoms with Gasteiger partial charge in [0.25, 0.3) is 5.91 Å². The second-order valence-corrected chi connectivity index (χ2v) is 9.34. The molecule has 3 aromatic rings. The van der Waals surface area contributed by atoms with Gasteiger partial charge in [0.05, 0.1) is 11.7 Å². The molecule has 0 aliphatic carbocycles. The maximum Gasteiger partial charge on any atom is 0.257 e. The van der Waals surface area contributed by atoms with Crippen LogP contribution in [0.3, 0.4) is 0 Å². The molecule has 3 aliphatic rings. The Balaban J connectivity index is 1.17. The maximum atomic E-state index is 13.5. The molecule has 3 aliphatic heterocycles. The molecular formula is C24H24N4O2S. The fraction of sp³-hybridized carbons (Fsp3) is 0.375. The van der Waals surface area contributed by atoms with E-state index in [9.17, 15) is 4.79 Å². The molecule has 7 heteroatoms. The summed E-state index contributed by atoms with van der Waals surface area (Å²) >= 11 is 1.64. The summed E-state index contributed by atoms with van der Waals surface area (Å²) in [5.74, 6) is 0.178. The van der Waals surface area contributed by atoms with Crippen molar-refractivity contribution in [3.63, 3.8) is 0 Å². The Kier molecular flexibility index (Phi) is 4.54. The number of hydrogen-bond donors (Lipinski definition) is 0. The van der Waals surface area contributed by atoms with Gasteiger partial charge in [0.15, 0.2) is 10.7 Å². The number of aromatic nitrogens is 2. The van der Waals surface area contributed by atoms with Crippen LogP contribution in [0.5, 0.6) is 0 Å². The third-order valence-electron chi connectivity index (χ3n) is 6.76. The summed E-state index contributed by atoms with van der Waals surface area (Å²) in [4.78, 5) is 27.0. The van der Waals surface area contributed by atoms with Crippen LogP contribution in [-0.4, -0.2) is 45.7 Å². The van der Waals surface area contributed by atoms with E-state index < -0.39 is 5.60 Å². The predicted octanol–water partition coefficient (Wildman–Crippen LogP) is 4.26. The predicted molar refractivity (Wildman–Crippen MR) is 120 cm³/mol. The van der Waals surface area contributed by atoms with Gasteiger partial charge in [-0.25, -0.2) is 4.98 Å². The van der Waals surface area contributed by atoms with E-state index in [1.54, 1.807) is 17.5 Å². The van der Waals surface area contributed by atoms with Crippen LogP contribution in [0.25, 0.3) is 11.4 Å². The first-order valence-electron chi connectivity index (χ1n) is 10.9. The summed E-state index contributed by atoms with van der Waals surface area (Å²) in [6.07, 6.45) is 5.00. The normalized spacial score (nSPS) is 24.7. The Bertz CT molecular complexity index is 1080. The summed E-state index contributed by atoms with van der Waals surface area (Å²) in [5, 5.41) is 3.04. The molecule has 0 radical (unpaired) electrons. The number of anilines is 1. The fourth-order valence-corrected chi connectivity index (χ4v) is 6.02. The number of ether oxygens (including phenoxy) is 1. The smallest absolute Gasteiger partial charge is 0.257 e. The van der Waals surface area contributed by atoms with E-state index in [1.165, 1.54) is 5.56 Å².